The first-order chi connectivity index (χ1) is 12.7. The maximum absolute atomic E-state index is 5.91. The lowest BCUT2D eigenvalue weighted by atomic mass is 9.96. The molecule has 1 aromatic heterocycles. The zero-order valence-corrected chi connectivity index (χ0v) is 18.8. The number of thiophene rings is 1. The number of nitrogens with one attached hydrogen (secondary N) is 2. The van der Waals surface area contributed by atoms with E-state index < -0.39 is 0 Å². The highest BCUT2D eigenvalue weighted by Crippen LogP contribution is 2.34. The van der Waals surface area contributed by atoms with E-state index in [1.165, 1.54) is 21.7 Å². The average Bonchev–Trinajstić information content (AvgIpc) is 3.42. The molecule has 0 spiro atoms. The summed E-state index contributed by atoms with van der Waals surface area (Å²) in [7, 11) is 3.51. The predicted molar refractivity (Wildman–Crippen MR) is 121 cm³/mol. The van der Waals surface area contributed by atoms with E-state index in [0.717, 1.165) is 31.1 Å². The van der Waals surface area contributed by atoms with Gasteiger partial charge in [0.1, 0.15) is 5.75 Å². The second-order valence-electron chi connectivity index (χ2n) is 6.78. The van der Waals surface area contributed by atoms with Gasteiger partial charge in [0.2, 0.25) is 0 Å². The van der Waals surface area contributed by atoms with E-state index in [1.54, 1.807) is 18.4 Å². The lowest BCUT2D eigenvalue weighted by Crippen LogP contribution is -2.47. The van der Waals surface area contributed by atoms with Gasteiger partial charge in [-0.05, 0) is 61.2 Å². The van der Waals surface area contributed by atoms with Crippen molar-refractivity contribution >= 4 is 41.3 Å². The van der Waals surface area contributed by atoms with Crippen molar-refractivity contribution in [2.75, 3.05) is 14.2 Å². The Morgan fingerprint density at radius 1 is 1.22 bits per heavy atom. The molecule has 0 radical (unpaired) electrons. The number of hydrogen-bond donors (Lipinski definition) is 2. The van der Waals surface area contributed by atoms with E-state index in [1.807, 2.05) is 19.2 Å². The maximum atomic E-state index is 5.91. The van der Waals surface area contributed by atoms with Crippen LogP contribution in [-0.4, -0.2) is 38.4 Å². The normalized spacial score (nSPS) is 23.8. The second-order valence-corrected chi connectivity index (χ2v) is 7.95. The molecule has 2 fully saturated rings. The number of fused-ring (bicyclic) bond motifs is 2. The summed E-state index contributed by atoms with van der Waals surface area (Å²) in [5.41, 5.74) is 1.21. The van der Waals surface area contributed by atoms with Crippen LogP contribution in [-0.2, 0) is 11.3 Å². The average molecular weight is 499 g/mol. The van der Waals surface area contributed by atoms with Gasteiger partial charge in [0.05, 0.1) is 31.9 Å². The fourth-order valence-corrected chi connectivity index (χ4v) is 4.67. The summed E-state index contributed by atoms with van der Waals surface area (Å²) >= 11 is 1.80. The van der Waals surface area contributed by atoms with Crippen molar-refractivity contribution in [3.05, 3.63) is 41.3 Å². The molecule has 1 aromatic carbocycles. The summed E-state index contributed by atoms with van der Waals surface area (Å²) in [4.78, 5) is 6.90. The van der Waals surface area contributed by atoms with Crippen molar-refractivity contribution in [2.24, 2.45) is 4.99 Å². The molecule has 5 nitrogen and oxygen atoms in total. The smallest absolute Gasteiger partial charge is 0.191 e. The second kappa shape index (κ2) is 9.25. The number of guanidine groups is 1. The first-order valence-electron chi connectivity index (χ1n) is 9.11. The minimum Gasteiger partial charge on any atom is -0.497 e. The van der Waals surface area contributed by atoms with Crippen LogP contribution in [0.5, 0.6) is 5.75 Å². The molecule has 3 heterocycles. The number of nitrogens with zero attached hydrogens (tertiary/aromatic N) is 1. The Balaban J connectivity index is 0.00000210. The van der Waals surface area contributed by atoms with Crippen LogP contribution < -0.4 is 15.4 Å². The van der Waals surface area contributed by atoms with Gasteiger partial charge in [-0.15, -0.1) is 35.3 Å². The molecule has 2 bridgehead atoms. The van der Waals surface area contributed by atoms with Crippen LogP contribution in [0.1, 0.15) is 24.1 Å². The molecule has 4 rings (SSSR count). The van der Waals surface area contributed by atoms with Crippen LogP contribution in [0.25, 0.3) is 10.4 Å². The van der Waals surface area contributed by atoms with Crippen LogP contribution in [0.2, 0.25) is 0 Å². The van der Waals surface area contributed by atoms with Gasteiger partial charge >= 0.3 is 0 Å². The Kier molecular flexibility index (Phi) is 6.99. The van der Waals surface area contributed by atoms with Crippen LogP contribution in [0.15, 0.2) is 41.4 Å². The van der Waals surface area contributed by atoms with Gasteiger partial charge in [0.15, 0.2) is 5.96 Å². The Morgan fingerprint density at radius 3 is 2.67 bits per heavy atom. The summed E-state index contributed by atoms with van der Waals surface area (Å²) in [5, 5.41) is 6.95. The van der Waals surface area contributed by atoms with Gasteiger partial charge in [-0.1, -0.05) is 0 Å². The molecule has 2 aliphatic heterocycles. The van der Waals surface area contributed by atoms with Gasteiger partial charge in [0, 0.05) is 16.8 Å². The number of methoxy groups -OCH3 is 1. The third-order valence-electron chi connectivity index (χ3n) is 5.12. The Morgan fingerprint density at radius 2 is 2.04 bits per heavy atom. The number of hydrogen-bond acceptors (Lipinski definition) is 4. The zero-order valence-electron chi connectivity index (χ0n) is 15.6. The predicted octanol–water partition coefficient (Wildman–Crippen LogP) is 4.03. The summed E-state index contributed by atoms with van der Waals surface area (Å²) in [5.74, 6) is 1.73. The molecule has 2 N–H and O–H groups in total. The highest BCUT2D eigenvalue weighted by Gasteiger charge is 2.41. The quantitative estimate of drug-likeness (QED) is 0.371. The van der Waals surface area contributed by atoms with Crippen molar-refractivity contribution in [2.45, 2.75) is 44.1 Å². The number of ether oxygens (including phenoxy) is 2. The standard InChI is InChI=1S/C20H25N3O2S.HI/c1-21-20(23-17-11-15-7-9-18(17)25-15)22-12-16-8-10-19(26-16)13-3-5-14(24-2)6-4-13;/h3-6,8,10,15,17-18H,7,9,11-12H2,1-2H3,(H2,21,22,23);1H. The molecule has 0 aliphatic carbocycles. The lowest BCUT2D eigenvalue weighted by Gasteiger charge is -2.22. The summed E-state index contributed by atoms with van der Waals surface area (Å²) in [6.45, 7) is 0.766. The molecule has 3 atom stereocenters. The largest absolute Gasteiger partial charge is 0.497 e. The van der Waals surface area contributed by atoms with Crippen LogP contribution in [0, 0.1) is 0 Å². The third kappa shape index (κ3) is 4.75. The molecule has 0 amide bonds. The van der Waals surface area contributed by atoms with Gasteiger partial charge in [-0.2, -0.15) is 0 Å². The molecule has 2 aliphatic rings. The molecule has 7 heteroatoms. The summed E-state index contributed by atoms with van der Waals surface area (Å²) in [6, 6.07) is 12.9. The summed E-state index contributed by atoms with van der Waals surface area (Å²) in [6.07, 6.45) is 4.25. The van der Waals surface area contributed by atoms with E-state index in [0.29, 0.717) is 18.2 Å². The van der Waals surface area contributed by atoms with E-state index >= 15 is 0 Å². The van der Waals surface area contributed by atoms with E-state index in [-0.39, 0.29) is 24.0 Å². The van der Waals surface area contributed by atoms with Crippen molar-refractivity contribution < 1.29 is 9.47 Å². The molecule has 2 aromatic rings. The topological polar surface area (TPSA) is 54.9 Å². The van der Waals surface area contributed by atoms with Gasteiger partial charge < -0.3 is 20.1 Å². The van der Waals surface area contributed by atoms with E-state index in [9.17, 15) is 0 Å². The van der Waals surface area contributed by atoms with Crippen molar-refractivity contribution in [1.82, 2.24) is 10.6 Å². The number of halogens is 1. The minimum atomic E-state index is 0. The van der Waals surface area contributed by atoms with Crippen molar-refractivity contribution in [3.8, 4) is 16.2 Å². The SMILES string of the molecule is CN=C(NCc1ccc(-c2ccc(OC)cc2)s1)NC1CC2CCC1O2.I. The molecule has 27 heavy (non-hydrogen) atoms. The third-order valence-corrected chi connectivity index (χ3v) is 6.25. The molecule has 146 valence electrons. The monoisotopic (exact) mass is 499 g/mol. The Bertz CT molecular complexity index is 778. The van der Waals surface area contributed by atoms with Crippen molar-refractivity contribution in [1.29, 1.82) is 0 Å². The van der Waals surface area contributed by atoms with Gasteiger partial charge in [-0.25, -0.2) is 0 Å². The van der Waals surface area contributed by atoms with Gasteiger partial charge in [0.25, 0.3) is 0 Å². The first-order valence-corrected chi connectivity index (χ1v) is 9.92. The first kappa shape index (κ1) is 20.4. The van der Waals surface area contributed by atoms with E-state index in [4.69, 9.17) is 9.47 Å². The van der Waals surface area contributed by atoms with Crippen LogP contribution in [0.3, 0.4) is 0 Å². The maximum Gasteiger partial charge on any atom is 0.191 e. The van der Waals surface area contributed by atoms with Gasteiger partial charge in [-0.3, -0.25) is 4.99 Å². The fraction of sp³-hybridized carbons (Fsp3) is 0.450. The molecular weight excluding hydrogens is 473 g/mol. The lowest BCUT2D eigenvalue weighted by molar-refractivity contribution is 0.0992. The highest BCUT2D eigenvalue weighted by atomic mass is 127. The number of aliphatic imine (C=N–C) groups is 1. The Labute approximate surface area is 181 Å². The van der Waals surface area contributed by atoms with Crippen molar-refractivity contribution in [3.63, 3.8) is 0 Å². The minimum absolute atomic E-state index is 0. The Hall–Kier alpha value is -1.32. The summed E-state index contributed by atoms with van der Waals surface area (Å²) < 4.78 is 11.1. The van der Waals surface area contributed by atoms with E-state index in [2.05, 4.69) is 39.9 Å². The molecular formula is C20H26IN3O2S. The number of rotatable bonds is 5. The highest BCUT2D eigenvalue weighted by molar-refractivity contribution is 14.0. The molecule has 0 saturated carbocycles. The molecule has 3 unspecified atom stereocenters. The zero-order chi connectivity index (χ0) is 17.9. The fourth-order valence-electron chi connectivity index (χ4n) is 3.71. The van der Waals surface area contributed by atoms with Crippen LogP contribution >= 0.6 is 35.3 Å². The molecule has 2 saturated heterocycles. The van der Waals surface area contributed by atoms with Crippen LogP contribution in [0.4, 0.5) is 0 Å². The number of benzene rings is 1.